The first-order chi connectivity index (χ1) is 8.93. The predicted octanol–water partition coefficient (Wildman–Crippen LogP) is 2.39. The highest BCUT2D eigenvalue weighted by Crippen LogP contribution is 2.23. The number of halogens is 1. The molecule has 0 aliphatic carbocycles. The van der Waals surface area contributed by atoms with Crippen LogP contribution in [0.25, 0.3) is 6.08 Å². The van der Waals surface area contributed by atoms with Gasteiger partial charge in [0.25, 0.3) is 5.69 Å². The van der Waals surface area contributed by atoms with Crippen molar-refractivity contribution in [3.05, 3.63) is 45.0 Å². The minimum Gasteiger partial charge on any atom is -0.469 e. The van der Waals surface area contributed by atoms with Crippen LogP contribution in [0.2, 0.25) is 5.02 Å². The van der Waals surface area contributed by atoms with E-state index in [1.807, 2.05) is 0 Å². The van der Waals surface area contributed by atoms with Gasteiger partial charge in [-0.25, -0.2) is 0 Å². The Morgan fingerprint density at radius 2 is 2.16 bits per heavy atom. The summed E-state index contributed by atoms with van der Waals surface area (Å²) in [7, 11) is 1.18. The van der Waals surface area contributed by atoms with Gasteiger partial charge in [-0.05, 0) is 23.8 Å². The first-order valence-corrected chi connectivity index (χ1v) is 5.53. The van der Waals surface area contributed by atoms with Crippen LogP contribution in [-0.4, -0.2) is 23.8 Å². The van der Waals surface area contributed by atoms with Crippen LogP contribution in [0.1, 0.15) is 12.0 Å². The van der Waals surface area contributed by atoms with Gasteiger partial charge in [-0.1, -0.05) is 11.6 Å². The smallest absolute Gasteiger partial charge is 0.313 e. The Kier molecular flexibility index (Phi) is 5.20. The molecule has 7 heteroatoms. The van der Waals surface area contributed by atoms with Crippen molar-refractivity contribution in [2.24, 2.45) is 0 Å². The number of methoxy groups -OCH3 is 1. The van der Waals surface area contributed by atoms with Crippen molar-refractivity contribution in [3.8, 4) is 0 Å². The number of ketones is 1. The zero-order valence-corrected chi connectivity index (χ0v) is 10.7. The van der Waals surface area contributed by atoms with Crippen LogP contribution in [0.4, 0.5) is 5.69 Å². The van der Waals surface area contributed by atoms with Crippen molar-refractivity contribution < 1.29 is 19.2 Å². The monoisotopic (exact) mass is 283 g/mol. The lowest BCUT2D eigenvalue weighted by molar-refractivity contribution is -0.384. The highest BCUT2D eigenvalue weighted by molar-refractivity contribution is 6.32. The molecule has 0 amide bonds. The number of nitro groups is 1. The second-order valence-electron chi connectivity index (χ2n) is 3.52. The minimum absolute atomic E-state index is 0.135. The highest BCUT2D eigenvalue weighted by atomic mass is 35.5. The largest absolute Gasteiger partial charge is 0.469 e. The molecule has 0 saturated carbocycles. The van der Waals surface area contributed by atoms with Crippen LogP contribution in [-0.2, 0) is 14.3 Å². The van der Waals surface area contributed by atoms with E-state index in [9.17, 15) is 19.7 Å². The number of nitro benzene ring substituents is 1. The number of hydrogen-bond acceptors (Lipinski definition) is 5. The Hall–Kier alpha value is -2.21. The Morgan fingerprint density at radius 3 is 2.74 bits per heavy atom. The summed E-state index contributed by atoms with van der Waals surface area (Å²) >= 11 is 5.84. The molecule has 0 aliphatic heterocycles. The molecule has 0 saturated heterocycles. The Morgan fingerprint density at radius 1 is 1.47 bits per heavy atom. The van der Waals surface area contributed by atoms with Crippen LogP contribution in [0.3, 0.4) is 0 Å². The molecule has 1 rings (SSSR count). The maximum Gasteiger partial charge on any atom is 0.313 e. The zero-order valence-electron chi connectivity index (χ0n) is 9.96. The van der Waals surface area contributed by atoms with E-state index in [0.29, 0.717) is 5.56 Å². The standard InChI is InChI=1S/C12H10ClNO5/c1-19-12(16)7-10(15)4-2-8-6-9(14(17)18)3-5-11(8)13/h2-6H,7H2,1H3. The van der Waals surface area contributed by atoms with E-state index in [2.05, 4.69) is 4.74 Å². The van der Waals surface area contributed by atoms with Crippen LogP contribution in [0, 0.1) is 10.1 Å². The van der Waals surface area contributed by atoms with Gasteiger partial charge in [0.15, 0.2) is 5.78 Å². The molecule has 0 atom stereocenters. The average molecular weight is 284 g/mol. The maximum atomic E-state index is 11.4. The fourth-order valence-electron chi connectivity index (χ4n) is 1.23. The lowest BCUT2D eigenvalue weighted by atomic mass is 10.1. The lowest BCUT2D eigenvalue weighted by Crippen LogP contribution is -2.06. The van der Waals surface area contributed by atoms with Crippen LogP contribution >= 0.6 is 11.6 Å². The minimum atomic E-state index is -0.653. The summed E-state index contributed by atoms with van der Waals surface area (Å²) in [5.74, 6) is -1.13. The molecular formula is C12H10ClNO5. The molecule has 1 aromatic carbocycles. The highest BCUT2D eigenvalue weighted by Gasteiger charge is 2.09. The number of rotatable bonds is 5. The van der Waals surface area contributed by atoms with E-state index < -0.39 is 16.7 Å². The van der Waals surface area contributed by atoms with E-state index >= 15 is 0 Å². The van der Waals surface area contributed by atoms with Crippen LogP contribution < -0.4 is 0 Å². The molecule has 0 unspecified atom stereocenters. The summed E-state index contributed by atoms with van der Waals surface area (Å²) < 4.78 is 4.34. The van der Waals surface area contributed by atoms with Crippen molar-refractivity contribution in [1.29, 1.82) is 0 Å². The molecule has 0 aromatic heterocycles. The summed E-state index contributed by atoms with van der Waals surface area (Å²) in [6.07, 6.45) is 2.06. The van der Waals surface area contributed by atoms with Crippen molar-refractivity contribution in [2.45, 2.75) is 6.42 Å². The molecular weight excluding hydrogens is 274 g/mol. The fourth-order valence-corrected chi connectivity index (χ4v) is 1.41. The first-order valence-electron chi connectivity index (χ1n) is 5.15. The molecule has 6 nitrogen and oxygen atoms in total. The van der Waals surface area contributed by atoms with Gasteiger partial charge >= 0.3 is 5.97 Å². The van der Waals surface area contributed by atoms with Gasteiger partial charge in [-0.15, -0.1) is 0 Å². The molecule has 1 aromatic rings. The molecule has 100 valence electrons. The lowest BCUT2D eigenvalue weighted by Gasteiger charge is -1.98. The molecule has 0 heterocycles. The summed E-state index contributed by atoms with van der Waals surface area (Å²) in [5.41, 5.74) is 0.193. The number of nitrogens with zero attached hydrogens (tertiary/aromatic N) is 1. The number of esters is 1. The third-order valence-electron chi connectivity index (χ3n) is 2.19. The van der Waals surface area contributed by atoms with Gasteiger partial charge in [0.2, 0.25) is 0 Å². The molecule has 0 radical (unpaired) electrons. The normalized spacial score (nSPS) is 10.4. The third-order valence-corrected chi connectivity index (χ3v) is 2.53. The van der Waals surface area contributed by atoms with E-state index in [1.54, 1.807) is 0 Å². The first kappa shape index (κ1) is 14.8. The molecule has 0 N–H and O–H groups in total. The quantitative estimate of drug-likeness (QED) is 0.272. The summed E-state index contributed by atoms with van der Waals surface area (Å²) in [6, 6.07) is 3.87. The number of allylic oxidation sites excluding steroid dienone is 1. The maximum absolute atomic E-state index is 11.4. The van der Waals surface area contributed by atoms with Crippen molar-refractivity contribution in [1.82, 2.24) is 0 Å². The number of non-ortho nitro benzene ring substituents is 1. The molecule has 0 bridgehead atoms. The van der Waals surface area contributed by atoms with E-state index in [0.717, 1.165) is 6.08 Å². The SMILES string of the molecule is COC(=O)CC(=O)C=Cc1cc([N+](=O)[O-])ccc1Cl. The Balaban J connectivity index is 2.86. The number of carbonyl (C=O) groups is 2. The summed E-state index contributed by atoms with van der Waals surface area (Å²) in [6.45, 7) is 0. The van der Waals surface area contributed by atoms with Gasteiger partial charge in [-0.2, -0.15) is 0 Å². The van der Waals surface area contributed by atoms with Gasteiger partial charge in [0.05, 0.1) is 12.0 Å². The van der Waals surface area contributed by atoms with Gasteiger partial charge in [0, 0.05) is 17.2 Å². The second kappa shape index (κ2) is 6.65. The molecule has 19 heavy (non-hydrogen) atoms. The van der Waals surface area contributed by atoms with Gasteiger partial charge in [-0.3, -0.25) is 19.7 Å². The van der Waals surface area contributed by atoms with Crippen LogP contribution in [0.5, 0.6) is 0 Å². The van der Waals surface area contributed by atoms with E-state index in [-0.39, 0.29) is 17.1 Å². The van der Waals surface area contributed by atoms with E-state index in [4.69, 9.17) is 11.6 Å². The molecule has 0 aliphatic rings. The van der Waals surface area contributed by atoms with Crippen molar-refractivity contribution in [3.63, 3.8) is 0 Å². The van der Waals surface area contributed by atoms with Crippen LogP contribution in [0.15, 0.2) is 24.3 Å². The third kappa shape index (κ3) is 4.51. The molecule has 0 spiro atoms. The van der Waals surface area contributed by atoms with Crippen molar-refractivity contribution in [2.75, 3.05) is 7.11 Å². The number of ether oxygens (including phenoxy) is 1. The molecule has 0 fully saturated rings. The fraction of sp³-hybridized carbons (Fsp3) is 0.167. The van der Waals surface area contributed by atoms with Crippen molar-refractivity contribution >= 4 is 35.1 Å². The van der Waals surface area contributed by atoms with Gasteiger partial charge in [0.1, 0.15) is 6.42 Å². The van der Waals surface area contributed by atoms with E-state index in [1.165, 1.54) is 31.4 Å². The summed E-state index contributed by atoms with van der Waals surface area (Å²) in [4.78, 5) is 32.2. The second-order valence-corrected chi connectivity index (χ2v) is 3.92. The number of carbonyl (C=O) groups excluding carboxylic acids is 2. The number of benzene rings is 1. The predicted molar refractivity (Wildman–Crippen MR) is 68.8 cm³/mol. The Labute approximate surface area is 113 Å². The Bertz CT molecular complexity index is 553. The summed E-state index contributed by atoms with van der Waals surface area (Å²) in [5, 5.41) is 10.9. The van der Waals surface area contributed by atoms with Gasteiger partial charge < -0.3 is 4.74 Å². The topological polar surface area (TPSA) is 86.5 Å². The zero-order chi connectivity index (χ0) is 14.4. The average Bonchev–Trinajstić information content (AvgIpc) is 2.37. The number of hydrogen-bond donors (Lipinski definition) is 0.